The van der Waals surface area contributed by atoms with Gasteiger partial charge in [-0.25, -0.2) is 8.42 Å². The molecule has 1 aliphatic rings. The third-order valence-electron chi connectivity index (χ3n) is 6.42. The molecule has 0 aliphatic carbocycles. The first-order chi connectivity index (χ1) is 17.8. The lowest BCUT2D eigenvalue weighted by Gasteiger charge is -2.33. The highest BCUT2D eigenvalue weighted by Gasteiger charge is 2.28. The van der Waals surface area contributed by atoms with Gasteiger partial charge < -0.3 is 4.74 Å². The molecule has 3 rings (SSSR count). The van der Waals surface area contributed by atoms with Gasteiger partial charge in [0.2, 0.25) is 10.0 Å². The van der Waals surface area contributed by atoms with Crippen molar-refractivity contribution < 1.29 is 13.2 Å². The first-order valence-electron chi connectivity index (χ1n) is 13.3. The Balaban J connectivity index is 1.47. The molecular weight excluding hydrogens is 544 g/mol. The van der Waals surface area contributed by atoms with Crippen LogP contribution in [0.15, 0.2) is 47.4 Å². The lowest BCUT2D eigenvalue weighted by molar-refractivity contribution is 0.159. The molecule has 1 aliphatic heterocycles. The third-order valence-corrected chi connectivity index (χ3v) is 11.6. The molecule has 1 heterocycles. The van der Waals surface area contributed by atoms with Crippen LogP contribution in [0.5, 0.6) is 5.75 Å². The molecule has 0 saturated carbocycles. The zero-order valence-corrected chi connectivity index (χ0v) is 25.5. The van der Waals surface area contributed by atoms with Gasteiger partial charge in [0.1, 0.15) is 12.4 Å². The lowest BCUT2D eigenvalue weighted by atomic mass is 10.2. The molecule has 9 heteroatoms. The van der Waals surface area contributed by atoms with Crippen LogP contribution in [0.1, 0.15) is 55.2 Å². The van der Waals surface area contributed by atoms with E-state index in [1.54, 1.807) is 16.4 Å². The summed E-state index contributed by atoms with van der Waals surface area (Å²) in [7, 11) is -3.44. The Labute approximate surface area is 237 Å². The second-order valence-electron chi connectivity index (χ2n) is 9.38. The number of thioether (sulfide) groups is 2. The normalized spacial score (nSPS) is 15.4. The molecule has 0 aromatic heterocycles. The van der Waals surface area contributed by atoms with E-state index in [2.05, 4.69) is 30.9 Å². The maximum Gasteiger partial charge on any atom is 0.243 e. The van der Waals surface area contributed by atoms with Gasteiger partial charge >= 0.3 is 0 Å². The van der Waals surface area contributed by atoms with E-state index in [4.69, 9.17) is 16.3 Å². The van der Waals surface area contributed by atoms with Gasteiger partial charge in [-0.05, 0) is 61.1 Å². The number of piperazine rings is 1. The monoisotopic (exact) mass is 584 g/mol. The summed E-state index contributed by atoms with van der Waals surface area (Å²) in [5.41, 5.74) is 2.31. The zero-order valence-electron chi connectivity index (χ0n) is 22.3. The molecule has 37 heavy (non-hydrogen) atoms. The summed E-state index contributed by atoms with van der Waals surface area (Å²) >= 11 is 10.6. The summed E-state index contributed by atoms with van der Waals surface area (Å²) in [6.07, 6.45) is 4.89. The van der Waals surface area contributed by atoms with Crippen molar-refractivity contribution in [3.05, 3.63) is 58.6 Å². The molecule has 2 aromatic carbocycles. The number of hydrogen-bond acceptors (Lipinski definition) is 6. The van der Waals surface area contributed by atoms with Gasteiger partial charge in [-0.2, -0.15) is 4.31 Å². The van der Waals surface area contributed by atoms with Crippen molar-refractivity contribution >= 4 is 45.1 Å². The van der Waals surface area contributed by atoms with Crippen LogP contribution in [0.4, 0.5) is 0 Å². The van der Waals surface area contributed by atoms with Crippen molar-refractivity contribution in [1.29, 1.82) is 0 Å². The first-order valence-corrected chi connectivity index (χ1v) is 17.2. The largest absolute Gasteiger partial charge is 0.491 e. The van der Waals surface area contributed by atoms with Crippen molar-refractivity contribution in [1.82, 2.24) is 9.21 Å². The highest BCUT2D eigenvalue weighted by Crippen LogP contribution is 2.42. The number of sulfonamides is 1. The Hall–Kier alpha value is -0.900. The molecule has 2 aromatic rings. The number of halogens is 1. The minimum Gasteiger partial charge on any atom is -0.491 e. The van der Waals surface area contributed by atoms with Crippen LogP contribution >= 0.6 is 35.1 Å². The molecule has 0 amide bonds. The van der Waals surface area contributed by atoms with E-state index in [0.717, 1.165) is 23.6 Å². The van der Waals surface area contributed by atoms with Crippen molar-refractivity contribution in [3.8, 4) is 5.75 Å². The fourth-order valence-electron chi connectivity index (χ4n) is 4.03. The maximum absolute atomic E-state index is 12.9. The van der Waals surface area contributed by atoms with Gasteiger partial charge in [0, 0.05) is 32.7 Å². The summed E-state index contributed by atoms with van der Waals surface area (Å²) in [4.78, 5) is 2.61. The van der Waals surface area contributed by atoms with Crippen molar-refractivity contribution in [2.75, 3.05) is 50.8 Å². The zero-order chi connectivity index (χ0) is 26.7. The van der Waals surface area contributed by atoms with Crippen LogP contribution in [0, 0.1) is 6.92 Å². The number of ether oxygens (including phenoxy) is 1. The third kappa shape index (κ3) is 9.36. The summed E-state index contributed by atoms with van der Waals surface area (Å²) in [6, 6.07) is 13.3. The maximum atomic E-state index is 12.9. The first kappa shape index (κ1) is 30.6. The number of hydrogen-bond donors (Lipinski definition) is 0. The molecule has 1 fully saturated rings. The van der Waals surface area contributed by atoms with Gasteiger partial charge in [0.25, 0.3) is 0 Å². The number of nitrogens with zero attached hydrogens (tertiary/aromatic N) is 2. The summed E-state index contributed by atoms with van der Waals surface area (Å²) in [5.74, 6) is 3.03. The van der Waals surface area contributed by atoms with Crippen molar-refractivity contribution in [3.63, 3.8) is 0 Å². The Morgan fingerprint density at radius 2 is 1.57 bits per heavy atom. The van der Waals surface area contributed by atoms with E-state index in [1.165, 1.54) is 31.2 Å². The molecular formula is C28H41ClN2O3S3. The van der Waals surface area contributed by atoms with Crippen LogP contribution in [-0.4, -0.2) is 68.5 Å². The van der Waals surface area contributed by atoms with Crippen LogP contribution < -0.4 is 4.74 Å². The molecule has 5 nitrogen and oxygen atoms in total. The standard InChI is InChI=1S/C28H41ClN2O3S3/c1-4-6-20-35-28(36-21-7-5-2)24-10-13-27(26(29)22-24)34-19-18-30-14-16-31(17-15-30)37(32,33)25-11-8-23(3)9-12-25/h8-13,22,28H,4-7,14-21H2,1-3H3. The molecule has 0 N–H and O–H groups in total. The molecule has 0 atom stereocenters. The van der Waals surface area contributed by atoms with Gasteiger partial charge in [-0.1, -0.05) is 62.1 Å². The van der Waals surface area contributed by atoms with Gasteiger partial charge in [0.15, 0.2) is 0 Å². The summed E-state index contributed by atoms with van der Waals surface area (Å²) in [5, 5.41) is 0.656. The van der Waals surface area contributed by atoms with Crippen LogP contribution in [-0.2, 0) is 10.0 Å². The highest BCUT2D eigenvalue weighted by atomic mass is 35.5. The Bertz CT molecular complexity index is 1050. The quantitative estimate of drug-likeness (QED) is 0.164. The average molecular weight is 585 g/mol. The van der Waals surface area contributed by atoms with Crippen molar-refractivity contribution in [2.45, 2.75) is 55.9 Å². The SMILES string of the molecule is CCCCSC(SCCCC)c1ccc(OCCN2CCN(S(=O)(=O)c3ccc(C)cc3)CC2)c(Cl)c1. The summed E-state index contributed by atoms with van der Waals surface area (Å²) < 4.78 is 33.9. The van der Waals surface area contributed by atoms with Crippen LogP contribution in [0.3, 0.4) is 0 Å². The number of rotatable bonds is 15. The van der Waals surface area contributed by atoms with Gasteiger partial charge in [-0.15, -0.1) is 23.5 Å². The smallest absolute Gasteiger partial charge is 0.243 e. The Morgan fingerprint density at radius 3 is 2.14 bits per heavy atom. The number of benzene rings is 2. The molecule has 0 bridgehead atoms. The predicted octanol–water partition coefficient (Wildman–Crippen LogP) is 7.10. The van der Waals surface area contributed by atoms with Crippen molar-refractivity contribution in [2.24, 2.45) is 0 Å². The average Bonchev–Trinajstić information content (AvgIpc) is 2.89. The fourth-order valence-corrected chi connectivity index (χ4v) is 8.67. The van der Waals surface area contributed by atoms with Gasteiger partial charge in [-0.3, -0.25) is 4.90 Å². The minimum absolute atomic E-state index is 0.364. The molecule has 0 spiro atoms. The summed E-state index contributed by atoms with van der Waals surface area (Å²) in [6.45, 7) is 10.0. The number of aryl methyl sites for hydroxylation is 1. The van der Waals surface area contributed by atoms with E-state index in [0.29, 0.717) is 53.0 Å². The number of unbranched alkanes of at least 4 members (excludes halogenated alkanes) is 2. The molecule has 0 radical (unpaired) electrons. The lowest BCUT2D eigenvalue weighted by Crippen LogP contribution is -2.49. The molecule has 0 unspecified atom stereocenters. The topological polar surface area (TPSA) is 49.9 Å². The molecule has 206 valence electrons. The van der Waals surface area contributed by atoms with Crippen LogP contribution in [0.2, 0.25) is 5.02 Å². The van der Waals surface area contributed by atoms with E-state index in [1.807, 2.05) is 48.6 Å². The van der Waals surface area contributed by atoms with E-state index < -0.39 is 10.0 Å². The molecule has 1 saturated heterocycles. The Kier molecular flexibility index (Phi) is 12.9. The van der Waals surface area contributed by atoms with Crippen LogP contribution in [0.25, 0.3) is 0 Å². The van der Waals surface area contributed by atoms with E-state index >= 15 is 0 Å². The van der Waals surface area contributed by atoms with E-state index in [-0.39, 0.29) is 0 Å². The highest BCUT2D eigenvalue weighted by molar-refractivity contribution is 8.16. The minimum atomic E-state index is -3.44. The Morgan fingerprint density at radius 1 is 0.946 bits per heavy atom. The predicted molar refractivity (Wildman–Crippen MR) is 161 cm³/mol. The van der Waals surface area contributed by atoms with Gasteiger partial charge in [0.05, 0.1) is 14.5 Å². The fraction of sp³-hybridized carbons (Fsp3) is 0.571. The second kappa shape index (κ2) is 15.6. The van der Waals surface area contributed by atoms with E-state index in [9.17, 15) is 8.42 Å². The second-order valence-corrected chi connectivity index (χ2v) is 14.4.